The minimum absolute atomic E-state index is 0.0512. The maximum Gasteiger partial charge on any atom is 0.328 e. The number of ether oxygens (including phenoxy) is 1. The summed E-state index contributed by atoms with van der Waals surface area (Å²) in [7, 11) is 0. The summed E-state index contributed by atoms with van der Waals surface area (Å²) >= 11 is 0. The molecule has 23 heavy (non-hydrogen) atoms. The Balaban J connectivity index is 1.72. The zero-order chi connectivity index (χ0) is 16.7. The first-order valence-electron chi connectivity index (χ1n) is 7.86. The number of rotatable bonds is 9. The molecule has 0 aliphatic heterocycles. The summed E-state index contributed by atoms with van der Waals surface area (Å²) in [6.45, 7) is 3.71. The van der Waals surface area contributed by atoms with Crippen LogP contribution in [0.5, 0.6) is 0 Å². The maximum absolute atomic E-state index is 12.0. The van der Waals surface area contributed by atoms with Crippen LogP contribution in [0.3, 0.4) is 0 Å². The molecule has 1 aromatic carbocycles. The van der Waals surface area contributed by atoms with Gasteiger partial charge in [0.25, 0.3) is 0 Å². The second-order valence-electron chi connectivity index (χ2n) is 5.93. The molecule has 1 aliphatic rings. The van der Waals surface area contributed by atoms with E-state index in [9.17, 15) is 9.59 Å². The van der Waals surface area contributed by atoms with Gasteiger partial charge in [0.05, 0.1) is 13.2 Å². The summed E-state index contributed by atoms with van der Waals surface area (Å²) < 4.78 is 5.11. The molecule has 0 saturated heterocycles. The Kier molecular flexibility index (Phi) is 6.35. The van der Waals surface area contributed by atoms with Crippen LogP contribution in [0, 0.1) is 5.92 Å². The van der Waals surface area contributed by atoms with E-state index < -0.39 is 12.0 Å². The summed E-state index contributed by atoms with van der Waals surface area (Å²) in [5.74, 6) is -0.474. The summed E-state index contributed by atoms with van der Waals surface area (Å²) in [5.41, 5.74) is 1.31. The lowest BCUT2D eigenvalue weighted by atomic mass is 9.70. The van der Waals surface area contributed by atoms with Crippen molar-refractivity contribution in [3.05, 3.63) is 48.6 Å². The smallest absolute Gasteiger partial charge is 0.328 e. The Morgan fingerprint density at radius 1 is 1.35 bits per heavy atom. The number of nitrogens with one attached hydrogen (secondary N) is 1. The van der Waals surface area contributed by atoms with E-state index in [0.29, 0.717) is 18.3 Å². The van der Waals surface area contributed by atoms with Crippen molar-refractivity contribution in [2.24, 2.45) is 5.92 Å². The monoisotopic (exact) mass is 317 g/mol. The molecule has 0 heterocycles. The Morgan fingerprint density at radius 3 is 2.65 bits per heavy atom. The lowest BCUT2D eigenvalue weighted by Crippen LogP contribution is -2.45. The van der Waals surface area contributed by atoms with Gasteiger partial charge < -0.3 is 15.2 Å². The minimum atomic E-state index is -1.09. The Hall–Kier alpha value is -2.14. The van der Waals surface area contributed by atoms with Gasteiger partial charge >= 0.3 is 5.97 Å². The summed E-state index contributed by atoms with van der Waals surface area (Å²) in [4.78, 5) is 23.1. The molecule has 0 spiro atoms. The molecule has 1 atom stereocenters. The first kappa shape index (κ1) is 17.2. The average Bonchev–Trinajstić information content (AvgIpc) is 2.50. The van der Waals surface area contributed by atoms with Gasteiger partial charge in [-0.3, -0.25) is 4.79 Å². The molecule has 5 nitrogen and oxygen atoms in total. The molecule has 2 rings (SSSR count). The van der Waals surface area contributed by atoms with E-state index in [1.54, 1.807) is 6.08 Å². The van der Waals surface area contributed by atoms with Crippen LogP contribution >= 0.6 is 0 Å². The van der Waals surface area contributed by atoms with Gasteiger partial charge in [-0.25, -0.2) is 4.79 Å². The number of carbonyl (C=O) groups excluding carboxylic acids is 1. The van der Waals surface area contributed by atoms with Gasteiger partial charge in [0.1, 0.15) is 0 Å². The van der Waals surface area contributed by atoms with E-state index in [0.717, 1.165) is 12.8 Å². The number of benzene rings is 1. The van der Waals surface area contributed by atoms with Crippen molar-refractivity contribution in [3.63, 3.8) is 0 Å². The second kappa shape index (κ2) is 8.48. The molecule has 1 saturated carbocycles. The molecule has 0 aromatic heterocycles. The standard InChI is InChI=1S/C18H23NO4/c1-2-8-23-12-16(18(21)22)19-17(20)11-13-9-15(10-13)14-6-4-3-5-7-14/h2-7,13,15-16H,1,8-12H2,(H,19,20)(H,21,22). The fourth-order valence-corrected chi connectivity index (χ4v) is 2.86. The van der Waals surface area contributed by atoms with E-state index >= 15 is 0 Å². The molecule has 1 aromatic rings. The van der Waals surface area contributed by atoms with Gasteiger partial charge in [-0.05, 0) is 30.2 Å². The van der Waals surface area contributed by atoms with E-state index in [1.165, 1.54) is 5.56 Å². The second-order valence-corrected chi connectivity index (χ2v) is 5.93. The highest BCUT2D eigenvalue weighted by Crippen LogP contribution is 2.43. The molecule has 1 fully saturated rings. The molecular weight excluding hydrogens is 294 g/mol. The quantitative estimate of drug-likeness (QED) is 0.541. The van der Waals surface area contributed by atoms with Gasteiger partial charge in [-0.2, -0.15) is 0 Å². The third-order valence-electron chi connectivity index (χ3n) is 4.13. The van der Waals surface area contributed by atoms with Crippen LogP contribution in [-0.4, -0.2) is 36.2 Å². The summed E-state index contributed by atoms with van der Waals surface area (Å²) in [5, 5.41) is 11.6. The molecule has 124 valence electrons. The zero-order valence-corrected chi connectivity index (χ0v) is 13.1. The maximum atomic E-state index is 12.0. The van der Waals surface area contributed by atoms with Crippen molar-refractivity contribution >= 4 is 11.9 Å². The van der Waals surface area contributed by atoms with Gasteiger partial charge in [-0.1, -0.05) is 36.4 Å². The number of amides is 1. The lowest BCUT2D eigenvalue weighted by molar-refractivity contribution is -0.143. The molecule has 1 amide bonds. The van der Waals surface area contributed by atoms with Crippen LogP contribution < -0.4 is 5.32 Å². The molecule has 0 radical (unpaired) electrons. The predicted molar refractivity (Wildman–Crippen MR) is 87.1 cm³/mol. The molecule has 1 unspecified atom stereocenters. The largest absolute Gasteiger partial charge is 0.480 e. The molecular formula is C18H23NO4. The van der Waals surface area contributed by atoms with Crippen molar-refractivity contribution in [3.8, 4) is 0 Å². The highest BCUT2D eigenvalue weighted by molar-refractivity contribution is 5.83. The number of carboxylic acids is 1. The van der Waals surface area contributed by atoms with E-state index in [-0.39, 0.29) is 19.1 Å². The first-order chi connectivity index (χ1) is 11.1. The third-order valence-corrected chi connectivity index (χ3v) is 4.13. The molecule has 2 N–H and O–H groups in total. The van der Waals surface area contributed by atoms with E-state index in [2.05, 4.69) is 24.0 Å². The van der Waals surface area contributed by atoms with Crippen LogP contribution in [0.1, 0.15) is 30.7 Å². The predicted octanol–water partition coefficient (Wildman–Crippen LogP) is 2.34. The van der Waals surface area contributed by atoms with Crippen molar-refractivity contribution in [1.82, 2.24) is 5.32 Å². The topological polar surface area (TPSA) is 75.6 Å². The van der Waals surface area contributed by atoms with Crippen molar-refractivity contribution in [1.29, 1.82) is 0 Å². The molecule has 5 heteroatoms. The van der Waals surface area contributed by atoms with Crippen LogP contribution in [-0.2, 0) is 14.3 Å². The minimum Gasteiger partial charge on any atom is -0.480 e. The average molecular weight is 317 g/mol. The van der Waals surface area contributed by atoms with Gasteiger partial charge in [0.15, 0.2) is 6.04 Å². The fourth-order valence-electron chi connectivity index (χ4n) is 2.86. The van der Waals surface area contributed by atoms with Crippen LogP contribution in [0.25, 0.3) is 0 Å². The Morgan fingerprint density at radius 2 is 2.04 bits per heavy atom. The van der Waals surface area contributed by atoms with Crippen LogP contribution in [0.4, 0.5) is 0 Å². The van der Waals surface area contributed by atoms with E-state index in [4.69, 9.17) is 9.84 Å². The number of carboxylic acid groups (broad SMARTS) is 1. The molecule has 1 aliphatic carbocycles. The SMILES string of the molecule is C=CCOCC(NC(=O)CC1CC(c2ccccc2)C1)C(=O)O. The highest BCUT2D eigenvalue weighted by atomic mass is 16.5. The van der Waals surface area contributed by atoms with Crippen LogP contribution in [0.15, 0.2) is 43.0 Å². The Bertz CT molecular complexity index is 537. The highest BCUT2D eigenvalue weighted by Gasteiger charge is 2.32. The normalized spacial score (nSPS) is 21.0. The number of carbonyl (C=O) groups is 2. The van der Waals surface area contributed by atoms with Crippen molar-refractivity contribution < 1.29 is 19.4 Å². The van der Waals surface area contributed by atoms with Gasteiger partial charge in [0, 0.05) is 6.42 Å². The van der Waals surface area contributed by atoms with Crippen molar-refractivity contribution in [2.45, 2.75) is 31.2 Å². The van der Waals surface area contributed by atoms with Crippen molar-refractivity contribution in [2.75, 3.05) is 13.2 Å². The Labute approximate surface area is 136 Å². The van der Waals surface area contributed by atoms with Gasteiger partial charge in [0.2, 0.25) is 5.91 Å². The summed E-state index contributed by atoms with van der Waals surface area (Å²) in [6.07, 6.45) is 3.86. The zero-order valence-electron chi connectivity index (χ0n) is 13.1. The first-order valence-corrected chi connectivity index (χ1v) is 7.86. The van der Waals surface area contributed by atoms with E-state index in [1.807, 2.05) is 18.2 Å². The number of hydrogen-bond acceptors (Lipinski definition) is 3. The number of aliphatic carboxylic acids is 1. The number of hydrogen-bond donors (Lipinski definition) is 2. The lowest BCUT2D eigenvalue weighted by Gasteiger charge is -2.35. The van der Waals surface area contributed by atoms with Crippen LogP contribution in [0.2, 0.25) is 0 Å². The molecule has 0 bridgehead atoms. The third kappa shape index (κ3) is 5.21. The van der Waals surface area contributed by atoms with Gasteiger partial charge in [-0.15, -0.1) is 6.58 Å². The fraction of sp³-hybridized carbons (Fsp3) is 0.444. The summed E-state index contributed by atoms with van der Waals surface area (Å²) in [6, 6.07) is 9.25.